The Bertz CT molecular complexity index is 1100. The molecule has 24 heavy (non-hydrogen) atoms. The molecule has 2 aromatic carbocycles. The molecule has 0 amide bonds. The van der Waals surface area contributed by atoms with Gasteiger partial charge in [-0.25, -0.2) is 0 Å². The van der Waals surface area contributed by atoms with Crippen LogP contribution >= 0.6 is 11.3 Å². The van der Waals surface area contributed by atoms with Gasteiger partial charge in [0.1, 0.15) is 5.01 Å². The minimum Gasteiger partial charge on any atom is -0.265 e. The number of fused-ring (bicyclic) bond motifs is 1. The number of rotatable bonds is 2. The van der Waals surface area contributed by atoms with E-state index in [1.807, 2.05) is 62.4 Å². The zero-order chi connectivity index (χ0) is 16.7. The lowest BCUT2D eigenvalue weighted by Crippen LogP contribution is -2.19. The van der Waals surface area contributed by atoms with E-state index in [9.17, 15) is 4.79 Å². The zero-order valence-electron chi connectivity index (χ0n) is 13.2. The van der Waals surface area contributed by atoms with Crippen LogP contribution in [0.5, 0.6) is 0 Å². The monoisotopic (exact) mass is 334 g/mol. The minimum absolute atomic E-state index is 0.250. The molecule has 6 heteroatoms. The lowest BCUT2D eigenvalue weighted by molar-refractivity contribution is 0.861. The highest BCUT2D eigenvalue weighted by Crippen LogP contribution is 2.27. The summed E-state index contributed by atoms with van der Waals surface area (Å²) in [6.07, 6.45) is 0. The number of nitrogens with zero attached hydrogens (tertiary/aromatic N) is 4. The van der Waals surface area contributed by atoms with Crippen LogP contribution in [-0.4, -0.2) is 19.8 Å². The Morgan fingerprint density at radius 2 is 1.71 bits per heavy atom. The van der Waals surface area contributed by atoms with Crippen molar-refractivity contribution < 1.29 is 0 Å². The first-order chi connectivity index (χ1) is 11.6. The van der Waals surface area contributed by atoms with Crippen LogP contribution in [0, 0.1) is 13.8 Å². The summed E-state index contributed by atoms with van der Waals surface area (Å²) in [5, 5.41) is 13.5. The smallest absolute Gasteiger partial charge is 0.265 e. The molecule has 0 unspecified atom stereocenters. The van der Waals surface area contributed by atoms with Crippen LogP contribution in [0.3, 0.4) is 0 Å². The standard InChI is InChI=1S/C18H14N4OS/c1-11-7-9-13(10-8-11)15-17(23)22-18(20-19-15)24-16(21-22)14-6-4-3-5-12(14)2/h3-10H,1-2H3. The van der Waals surface area contributed by atoms with Crippen molar-refractivity contribution in [3.8, 4) is 21.8 Å². The average molecular weight is 334 g/mol. The molecule has 0 atom stereocenters. The highest BCUT2D eigenvalue weighted by molar-refractivity contribution is 7.19. The van der Waals surface area contributed by atoms with Gasteiger partial charge in [-0.3, -0.25) is 4.79 Å². The van der Waals surface area contributed by atoms with Gasteiger partial charge in [-0.2, -0.15) is 9.61 Å². The fourth-order valence-electron chi connectivity index (χ4n) is 2.53. The van der Waals surface area contributed by atoms with Gasteiger partial charge in [-0.15, -0.1) is 10.2 Å². The molecule has 2 aromatic heterocycles. The summed E-state index contributed by atoms with van der Waals surface area (Å²) < 4.78 is 1.34. The molecule has 5 nitrogen and oxygen atoms in total. The molecular formula is C18H14N4OS. The molecule has 4 aromatic rings. The van der Waals surface area contributed by atoms with Crippen molar-refractivity contribution in [3.05, 3.63) is 70.0 Å². The largest absolute Gasteiger partial charge is 0.302 e. The fourth-order valence-corrected chi connectivity index (χ4v) is 3.46. The van der Waals surface area contributed by atoms with Gasteiger partial charge in [-0.1, -0.05) is 65.4 Å². The molecule has 0 bridgehead atoms. The predicted octanol–water partition coefficient (Wildman–Crippen LogP) is 3.50. The predicted molar refractivity (Wildman–Crippen MR) is 95.3 cm³/mol. The van der Waals surface area contributed by atoms with Crippen molar-refractivity contribution in [3.63, 3.8) is 0 Å². The van der Waals surface area contributed by atoms with Gasteiger partial charge >= 0.3 is 5.56 Å². The zero-order valence-corrected chi connectivity index (χ0v) is 14.0. The third kappa shape index (κ3) is 2.41. The minimum atomic E-state index is -0.250. The lowest BCUT2D eigenvalue weighted by atomic mass is 10.1. The van der Waals surface area contributed by atoms with Crippen molar-refractivity contribution >= 4 is 16.3 Å². The second-order valence-corrected chi connectivity index (χ2v) is 6.59. The van der Waals surface area contributed by atoms with Gasteiger partial charge < -0.3 is 0 Å². The number of hydrogen-bond donors (Lipinski definition) is 0. The highest BCUT2D eigenvalue weighted by atomic mass is 32.1. The summed E-state index contributed by atoms with van der Waals surface area (Å²) in [5.41, 5.74) is 4.05. The summed E-state index contributed by atoms with van der Waals surface area (Å²) in [7, 11) is 0. The van der Waals surface area contributed by atoms with E-state index in [1.165, 1.54) is 15.9 Å². The van der Waals surface area contributed by atoms with Crippen LogP contribution in [0.25, 0.3) is 26.8 Å². The van der Waals surface area contributed by atoms with E-state index in [-0.39, 0.29) is 5.56 Å². The van der Waals surface area contributed by atoms with Crippen LogP contribution in [0.15, 0.2) is 53.3 Å². The maximum atomic E-state index is 12.7. The van der Waals surface area contributed by atoms with Crippen LogP contribution in [0.4, 0.5) is 0 Å². The molecule has 0 saturated carbocycles. The number of benzene rings is 2. The molecule has 0 fully saturated rings. The van der Waals surface area contributed by atoms with Gasteiger partial charge in [0.25, 0.3) is 0 Å². The quantitative estimate of drug-likeness (QED) is 0.563. The molecule has 0 saturated heterocycles. The number of hydrogen-bond acceptors (Lipinski definition) is 5. The third-order valence-corrected chi connectivity index (χ3v) is 4.82. The number of aryl methyl sites for hydroxylation is 2. The molecule has 0 aliphatic carbocycles. The van der Waals surface area contributed by atoms with Crippen LogP contribution < -0.4 is 5.56 Å². The topological polar surface area (TPSA) is 60.1 Å². The van der Waals surface area contributed by atoms with Crippen LogP contribution in [0.2, 0.25) is 0 Å². The van der Waals surface area contributed by atoms with Gasteiger partial charge in [-0.05, 0) is 19.4 Å². The second kappa shape index (κ2) is 5.65. The van der Waals surface area contributed by atoms with E-state index in [0.29, 0.717) is 10.7 Å². The summed E-state index contributed by atoms with van der Waals surface area (Å²) in [5.74, 6) is 0. The fraction of sp³-hybridized carbons (Fsp3) is 0.111. The molecule has 118 valence electrons. The van der Waals surface area contributed by atoms with E-state index >= 15 is 0 Å². The molecule has 0 aliphatic heterocycles. The Morgan fingerprint density at radius 3 is 2.46 bits per heavy atom. The first-order valence-electron chi connectivity index (χ1n) is 7.53. The van der Waals surface area contributed by atoms with E-state index in [2.05, 4.69) is 15.3 Å². The molecule has 2 heterocycles. The van der Waals surface area contributed by atoms with Crippen molar-refractivity contribution in [1.82, 2.24) is 19.8 Å². The Labute approximate surface area is 142 Å². The molecule has 0 spiro atoms. The first-order valence-corrected chi connectivity index (χ1v) is 8.35. The van der Waals surface area contributed by atoms with Gasteiger partial charge in [0.15, 0.2) is 5.69 Å². The first kappa shape index (κ1) is 14.7. The normalized spacial score (nSPS) is 11.1. The highest BCUT2D eigenvalue weighted by Gasteiger charge is 2.15. The molecule has 4 rings (SSSR count). The maximum Gasteiger partial charge on any atom is 0.302 e. The van der Waals surface area contributed by atoms with Crippen molar-refractivity contribution in [2.24, 2.45) is 0 Å². The van der Waals surface area contributed by atoms with Gasteiger partial charge in [0, 0.05) is 11.1 Å². The van der Waals surface area contributed by atoms with E-state index in [1.54, 1.807) is 0 Å². The Kier molecular flexibility index (Phi) is 3.46. The molecule has 0 radical (unpaired) electrons. The summed E-state index contributed by atoms with van der Waals surface area (Å²) >= 11 is 1.36. The Morgan fingerprint density at radius 1 is 0.958 bits per heavy atom. The Balaban J connectivity index is 1.90. The summed E-state index contributed by atoms with van der Waals surface area (Å²) in [6.45, 7) is 4.02. The van der Waals surface area contributed by atoms with E-state index in [4.69, 9.17) is 0 Å². The molecule has 0 aliphatic rings. The average Bonchev–Trinajstić information content (AvgIpc) is 3.02. The van der Waals surface area contributed by atoms with E-state index < -0.39 is 0 Å². The van der Waals surface area contributed by atoms with Gasteiger partial charge in [0.05, 0.1) is 0 Å². The summed E-state index contributed by atoms with van der Waals surface area (Å²) in [6, 6.07) is 15.6. The van der Waals surface area contributed by atoms with E-state index in [0.717, 1.165) is 27.3 Å². The number of aromatic nitrogens is 4. The molecule has 0 N–H and O–H groups in total. The maximum absolute atomic E-state index is 12.7. The van der Waals surface area contributed by atoms with Crippen molar-refractivity contribution in [1.29, 1.82) is 0 Å². The molecular weight excluding hydrogens is 320 g/mol. The lowest BCUT2D eigenvalue weighted by Gasteiger charge is -2.00. The SMILES string of the molecule is Cc1ccc(-c2nnc3sc(-c4ccccc4C)nn3c2=O)cc1. The van der Waals surface area contributed by atoms with Crippen molar-refractivity contribution in [2.75, 3.05) is 0 Å². The van der Waals surface area contributed by atoms with Crippen molar-refractivity contribution in [2.45, 2.75) is 13.8 Å². The van der Waals surface area contributed by atoms with Gasteiger partial charge in [0.2, 0.25) is 4.96 Å². The van der Waals surface area contributed by atoms with Crippen LogP contribution in [0.1, 0.15) is 11.1 Å². The van der Waals surface area contributed by atoms with Crippen LogP contribution in [-0.2, 0) is 0 Å². The second-order valence-electron chi connectivity index (χ2n) is 5.64. The summed E-state index contributed by atoms with van der Waals surface area (Å²) in [4.78, 5) is 13.2. The third-order valence-electron chi connectivity index (χ3n) is 3.89. The Hall–Kier alpha value is -2.86.